The molecule has 0 saturated heterocycles. The first-order valence-corrected chi connectivity index (χ1v) is 6.66. The van der Waals surface area contributed by atoms with Gasteiger partial charge in [0.05, 0.1) is 0 Å². The Bertz CT molecular complexity index is 753. The highest BCUT2D eigenvalue weighted by atomic mass is 19.2. The van der Waals surface area contributed by atoms with Crippen molar-refractivity contribution >= 4 is 5.82 Å². The van der Waals surface area contributed by atoms with E-state index < -0.39 is 23.1 Å². The molecule has 0 spiro atoms. The molecule has 8 heteroatoms. The summed E-state index contributed by atoms with van der Waals surface area (Å²) < 4.78 is 45.8. The van der Waals surface area contributed by atoms with E-state index in [2.05, 4.69) is 10.3 Å². The number of fused-ring (bicyclic) bond motifs is 1. The van der Waals surface area contributed by atoms with E-state index in [9.17, 15) is 18.0 Å². The minimum absolute atomic E-state index is 0.0378. The Hall–Kier alpha value is -2.51. The molecule has 1 aromatic carbocycles. The molecule has 2 heterocycles. The molecular formula is C14H12F3N3O2. The normalized spacial score (nSPS) is 13.4. The molecule has 0 saturated carbocycles. The predicted octanol–water partition coefficient (Wildman–Crippen LogP) is 2.06. The lowest BCUT2D eigenvalue weighted by Gasteiger charge is -2.19. The van der Waals surface area contributed by atoms with Gasteiger partial charge in [0.15, 0.2) is 17.5 Å². The first-order valence-electron chi connectivity index (χ1n) is 6.66. The third kappa shape index (κ3) is 2.76. The van der Waals surface area contributed by atoms with E-state index in [1.807, 2.05) is 0 Å². The Morgan fingerprint density at radius 2 is 1.95 bits per heavy atom. The third-order valence-corrected chi connectivity index (χ3v) is 3.28. The minimum Gasteiger partial charge on any atom is -0.473 e. The lowest BCUT2D eigenvalue weighted by Crippen LogP contribution is -2.30. The Balaban J connectivity index is 1.80. The Labute approximate surface area is 123 Å². The molecule has 0 atom stereocenters. The van der Waals surface area contributed by atoms with E-state index in [-0.39, 0.29) is 18.1 Å². The van der Waals surface area contributed by atoms with Crippen LogP contribution in [0, 0.1) is 17.5 Å². The van der Waals surface area contributed by atoms with Gasteiger partial charge in [0.1, 0.15) is 12.4 Å². The molecule has 5 nitrogen and oxygen atoms in total. The second-order valence-electron chi connectivity index (χ2n) is 4.86. The van der Waals surface area contributed by atoms with E-state index in [0.29, 0.717) is 12.4 Å². The van der Waals surface area contributed by atoms with Crippen LogP contribution in [0.25, 0.3) is 0 Å². The zero-order valence-electron chi connectivity index (χ0n) is 11.4. The molecule has 0 fully saturated rings. The van der Waals surface area contributed by atoms with Gasteiger partial charge in [-0.1, -0.05) is 0 Å². The number of hydrogen-bond donors (Lipinski definition) is 1. The molecule has 1 aromatic heterocycles. The van der Waals surface area contributed by atoms with Crippen molar-refractivity contribution in [3.8, 4) is 5.88 Å². The molecule has 0 aliphatic carbocycles. The van der Waals surface area contributed by atoms with Crippen molar-refractivity contribution in [2.24, 2.45) is 0 Å². The fourth-order valence-electron chi connectivity index (χ4n) is 2.22. The van der Waals surface area contributed by atoms with Crippen LogP contribution in [0.15, 0.2) is 23.0 Å². The van der Waals surface area contributed by atoms with E-state index >= 15 is 0 Å². The third-order valence-electron chi connectivity index (χ3n) is 3.28. The smallest absolute Gasteiger partial charge is 0.352 e. The van der Waals surface area contributed by atoms with Gasteiger partial charge >= 0.3 is 5.69 Å². The van der Waals surface area contributed by atoms with Crippen LogP contribution in [0.5, 0.6) is 5.88 Å². The fourth-order valence-corrected chi connectivity index (χ4v) is 2.22. The van der Waals surface area contributed by atoms with Crippen LogP contribution in [0.4, 0.5) is 19.0 Å². The van der Waals surface area contributed by atoms with E-state index in [0.717, 1.165) is 25.1 Å². The van der Waals surface area contributed by atoms with Crippen molar-refractivity contribution in [1.29, 1.82) is 0 Å². The number of nitrogens with zero attached hydrogens (tertiary/aromatic N) is 2. The molecule has 3 rings (SSSR count). The molecule has 0 radical (unpaired) electrons. The van der Waals surface area contributed by atoms with E-state index in [4.69, 9.17) is 4.74 Å². The summed E-state index contributed by atoms with van der Waals surface area (Å²) in [6.45, 7) is 1.07. The zero-order chi connectivity index (χ0) is 15.7. The van der Waals surface area contributed by atoms with Crippen LogP contribution >= 0.6 is 0 Å². The Morgan fingerprint density at radius 3 is 2.68 bits per heavy atom. The molecule has 0 unspecified atom stereocenters. The fraction of sp³-hybridized carbons (Fsp3) is 0.286. The number of aromatic nitrogens is 2. The summed E-state index contributed by atoms with van der Waals surface area (Å²) >= 11 is 0. The maximum Gasteiger partial charge on any atom is 0.352 e. The maximum absolute atomic E-state index is 13.1. The molecule has 1 aliphatic rings. The monoisotopic (exact) mass is 311 g/mol. The summed E-state index contributed by atoms with van der Waals surface area (Å²) in [5.41, 5.74) is -0.361. The predicted molar refractivity (Wildman–Crippen MR) is 72.3 cm³/mol. The van der Waals surface area contributed by atoms with Gasteiger partial charge in [-0.3, -0.25) is 4.57 Å². The number of halogens is 3. The summed E-state index contributed by atoms with van der Waals surface area (Å²) in [6.07, 6.45) is 0.822. The summed E-state index contributed by atoms with van der Waals surface area (Å²) in [7, 11) is 0. The van der Waals surface area contributed by atoms with E-state index in [1.165, 1.54) is 10.6 Å². The first kappa shape index (κ1) is 14.4. The molecule has 0 bridgehead atoms. The van der Waals surface area contributed by atoms with Crippen LogP contribution in [-0.4, -0.2) is 16.1 Å². The van der Waals surface area contributed by atoms with E-state index in [1.54, 1.807) is 0 Å². The van der Waals surface area contributed by atoms with Crippen molar-refractivity contribution < 1.29 is 17.9 Å². The van der Waals surface area contributed by atoms with Gasteiger partial charge in [0, 0.05) is 19.2 Å². The Morgan fingerprint density at radius 1 is 1.23 bits per heavy atom. The second-order valence-corrected chi connectivity index (χ2v) is 4.86. The molecule has 1 N–H and O–H groups in total. The quantitative estimate of drug-likeness (QED) is 0.882. The van der Waals surface area contributed by atoms with Gasteiger partial charge in [0.25, 0.3) is 0 Å². The molecule has 22 heavy (non-hydrogen) atoms. The number of hydrogen-bond acceptors (Lipinski definition) is 4. The standard InChI is InChI=1S/C14H12F3N3O2/c15-9-4-8(5-10(16)13(9)17)7-22-12-6-11-18-2-1-3-20(11)14(21)19-12/h4-6,18H,1-3,7H2. The highest BCUT2D eigenvalue weighted by Gasteiger charge is 2.14. The SMILES string of the molecule is O=c1nc(OCc2cc(F)c(F)c(F)c2)cc2n1CCCN2. The number of ether oxygens (including phenoxy) is 1. The molecule has 1 aliphatic heterocycles. The topological polar surface area (TPSA) is 56.1 Å². The summed E-state index contributed by atoms with van der Waals surface area (Å²) in [6, 6.07) is 3.21. The summed E-state index contributed by atoms with van der Waals surface area (Å²) in [5, 5.41) is 3.04. The number of benzene rings is 1. The van der Waals surface area contributed by atoms with Crippen LogP contribution < -0.4 is 15.7 Å². The van der Waals surface area contributed by atoms with Crippen molar-refractivity contribution in [3.63, 3.8) is 0 Å². The number of anilines is 1. The van der Waals surface area contributed by atoms with Crippen molar-refractivity contribution in [1.82, 2.24) is 9.55 Å². The minimum atomic E-state index is -1.53. The largest absolute Gasteiger partial charge is 0.473 e. The molecular weight excluding hydrogens is 299 g/mol. The van der Waals surface area contributed by atoms with Gasteiger partial charge in [0.2, 0.25) is 5.88 Å². The van der Waals surface area contributed by atoms with Crippen molar-refractivity contribution in [2.45, 2.75) is 19.6 Å². The van der Waals surface area contributed by atoms with Crippen molar-refractivity contribution in [2.75, 3.05) is 11.9 Å². The lowest BCUT2D eigenvalue weighted by molar-refractivity contribution is 0.288. The highest BCUT2D eigenvalue weighted by molar-refractivity contribution is 5.40. The van der Waals surface area contributed by atoms with Crippen molar-refractivity contribution in [3.05, 3.63) is 51.7 Å². The average molecular weight is 311 g/mol. The Kier molecular flexibility index (Phi) is 3.74. The van der Waals surface area contributed by atoms with Gasteiger partial charge in [-0.05, 0) is 24.1 Å². The lowest BCUT2D eigenvalue weighted by atomic mass is 10.2. The number of rotatable bonds is 3. The number of nitrogens with one attached hydrogen (secondary N) is 1. The summed E-state index contributed by atoms with van der Waals surface area (Å²) in [5.74, 6) is -3.50. The van der Waals surface area contributed by atoms with Gasteiger partial charge < -0.3 is 10.1 Å². The second kappa shape index (κ2) is 5.70. The van der Waals surface area contributed by atoms with Crippen LogP contribution in [0.2, 0.25) is 0 Å². The molecule has 116 valence electrons. The van der Waals surface area contributed by atoms with Crippen LogP contribution in [0.1, 0.15) is 12.0 Å². The zero-order valence-corrected chi connectivity index (χ0v) is 11.4. The molecule has 0 amide bonds. The van der Waals surface area contributed by atoms with Crippen LogP contribution in [0.3, 0.4) is 0 Å². The van der Waals surface area contributed by atoms with Gasteiger partial charge in [-0.25, -0.2) is 18.0 Å². The maximum atomic E-state index is 13.1. The average Bonchev–Trinajstić information content (AvgIpc) is 2.50. The van der Waals surface area contributed by atoms with Gasteiger partial charge in [-0.2, -0.15) is 4.98 Å². The van der Waals surface area contributed by atoms with Crippen LogP contribution in [-0.2, 0) is 13.2 Å². The highest BCUT2D eigenvalue weighted by Crippen LogP contribution is 2.18. The summed E-state index contributed by atoms with van der Waals surface area (Å²) in [4.78, 5) is 15.6. The van der Waals surface area contributed by atoms with Gasteiger partial charge in [-0.15, -0.1) is 0 Å². The first-order chi connectivity index (χ1) is 10.5. The molecule has 2 aromatic rings.